The molecule has 0 bridgehead atoms. The fourth-order valence-electron chi connectivity index (χ4n) is 2.20. The first-order valence-corrected chi connectivity index (χ1v) is 4.68. The number of hydrogen-bond acceptors (Lipinski definition) is 1. The number of nitrogens with zero attached hydrogens (tertiary/aromatic N) is 1. The van der Waals surface area contributed by atoms with E-state index in [1.807, 2.05) is 0 Å². The molecular formula is C10H20FN. The van der Waals surface area contributed by atoms with E-state index in [-0.39, 0.29) is 5.54 Å². The van der Waals surface area contributed by atoms with Gasteiger partial charge in [-0.15, -0.1) is 0 Å². The average Bonchev–Trinajstić information content (AvgIpc) is 2.03. The van der Waals surface area contributed by atoms with Crippen molar-refractivity contribution in [1.29, 1.82) is 0 Å². The third-order valence-corrected chi connectivity index (χ3v) is 2.61. The molecule has 0 aromatic rings. The highest BCUT2D eigenvalue weighted by Gasteiger charge is 2.42. The van der Waals surface area contributed by atoms with Gasteiger partial charge in [0.1, 0.15) is 5.67 Å². The molecule has 1 nitrogen and oxygen atoms in total. The third-order valence-electron chi connectivity index (χ3n) is 2.61. The van der Waals surface area contributed by atoms with Crippen molar-refractivity contribution in [2.45, 2.75) is 58.3 Å². The van der Waals surface area contributed by atoms with Gasteiger partial charge in [0.25, 0.3) is 0 Å². The molecule has 0 aromatic heterocycles. The molecular weight excluding hydrogens is 153 g/mol. The van der Waals surface area contributed by atoms with E-state index in [1.165, 1.54) is 0 Å². The molecule has 1 unspecified atom stereocenters. The lowest BCUT2D eigenvalue weighted by Gasteiger charge is -2.35. The van der Waals surface area contributed by atoms with Gasteiger partial charge >= 0.3 is 0 Å². The Kier molecular flexibility index (Phi) is 2.24. The second kappa shape index (κ2) is 2.69. The van der Waals surface area contributed by atoms with Gasteiger partial charge in [0.2, 0.25) is 0 Å². The van der Waals surface area contributed by atoms with Gasteiger partial charge in [-0.25, -0.2) is 4.39 Å². The highest BCUT2D eigenvalue weighted by molar-refractivity contribution is 4.96. The summed E-state index contributed by atoms with van der Waals surface area (Å²) in [5.74, 6) is 0. The van der Waals surface area contributed by atoms with Gasteiger partial charge in [0, 0.05) is 18.1 Å². The highest BCUT2D eigenvalue weighted by Crippen LogP contribution is 2.34. The molecule has 2 atom stereocenters. The van der Waals surface area contributed by atoms with Crippen LogP contribution in [0.25, 0.3) is 0 Å². The van der Waals surface area contributed by atoms with Crippen molar-refractivity contribution < 1.29 is 4.39 Å². The van der Waals surface area contributed by atoms with Crippen molar-refractivity contribution >= 4 is 0 Å². The summed E-state index contributed by atoms with van der Waals surface area (Å²) in [5, 5.41) is 0. The molecule has 0 amide bonds. The normalized spacial score (nSPS) is 39.0. The Morgan fingerprint density at radius 2 is 1.92 bits per heavy atom. The Labute approximate surface area is 74.9 Å². The van der Waals surface area contributed by atoms with Crippen LogP contribution in [0.1, 0.15) is 41.0 Å². The summed E-state index contributed by atoms with van der Waals surface area (Å²) in [5.41, 5.74) is -0.879. The molecule has 12 heavy (non-hydrogen) atoms. The lowest BCUT2D eigenvalue weighted by atomic mass is 10.1. The molecule has 0 aromatic carbocycles. The van der Waals surface area contributed by atoms with Crippen molar-refractivity contribution in [2.24, 2.45) is 0 Å². The number of likely N-dealkylation sites (tertiary alicyclic amines) is 1. The number of rotatable bonds is 0. The van der Waals surface area contributed by atoms with Crippen LogP contribution in [0.15, 0.2) is 0 Å². The summed E-state index contributed by atoms with van der Waals surface area (Å²) in [7, 11) is 0. The van der Waals surface area contributed by atoms with E-state index < -0.39 is 5.67 Å². The zero-order valence-corrected chi connectivity index (χ0v) is 8.82. The third kappa shape index (κ3) is 1.98. The van der Waals surface area contributed by atoms with Gasteiger partial charge in [0.05, 0.1) is 0 Å². The minimum Gasteiger partial charge on any atom is -0.293 e. The van der Waals surface area contributed by atoms with E-state index >= 15 is 0 Å². The highest BCUT2D eigenvalue weighted by atomic mass is 19.1. The van der Waals surface area contributed by atoms with E-state index in [0.29, 0.717) is 19.0 Å². The van der Waals surface area contributed by atoms with Crippen LogP contribution in [0.4, 0.5) is 4.39 Å². The Morgan fingerprint density at radius 1 is 1.42 bits per heavy atom. The summed E-state index contributed by atoms with van der Waals surface area (Å²) in [6.45, 7) is 10.8. The molecule has 0 saturated carbocycles. The molecule has 1 rings (SSSR count). The van der Waals surface area contributed by atoms with Gasteiger partial charge in [0.15, 0.2) is 0 Å². The molecule has 1 saturated heterocycles. The maximum atomic E-state index is 13.6. The number of hydrogen-bond donors (Lipinski definition) is 0. The summed E-state index contributed by atoms with van der Waals surface area (Å²) < 4.78 is 13.6. The first-order valence-electron chi connectivity index (χ1n) is 4.68. The summed E-state index contributed by atoms with van der Waals surface area (Å²) in [6.07, 6.45) is 0.671. The van der Waals surface area contributed by atoms with Gasteiger partial charge in [-0.1, -0.05) is 0 Å². The van der Waals surface area contributed by atoms with Crippen LogP contribution in [0.5, 0.6) is 0 Å². The maximum absolute atomic E-state index is 13.6. The van der Waals surface area contributed by atoms with Crippen LogP contribution in [-0.2, 0) is 0 Å². The van der Waals surface area contributed by atoms with Crippen molar-refractivity contribution in [1.82, 2.24) is 4.90 Å². The molecule has 0 spiro atoms. The second-order valence-electron chi connectivity index (χ2n) is 5.27. The minimum absolute atomic E-state index is 0.100. The fourth-order valence-corrected chi connectivity index (χ4v) is 2.20. The van der Waals surface area contributed by atoms with Gasteiger partial charge in [-0.2, -0.15) is 0 Å². The van der Waals surface area contributed by atoms with Crippen molar-refractivity contribution in [3.8, 4) is 0 Å². The topological polar surface area (TPSA) is 3.24 Å². The Bertz CT molecular complexity index is 169. The second-order valence-corrected chi connectivity index (χ2v) is 5.27. The lowest BCUT2D eigenvalue weighted by molar-refractivity contribution is 0.108. The minimum atomic E-state index is -0.979. The van der Waals surface area contributed by atoms with Crippen molar-refractivity contribution in [3.63, 3.8) is 0 Å². The predicted molar refractivity (Wildman–Crippen MR) is 50.1 cm³/mol. The first-order chi connectivity index (χ1) is 5.22. The average molecular weight is 173 g/mol. The van der Waals surface area contributed by atoms with E-state index in [9.17, 15) is 4.39 Å². The first kappa shape index (κ1) is 9.97. The maximum Gasteiger partial charge on any atom is 0.122 e. The quantitative estimate of drug-likeness (QED) is 0.544. The SMILES string of the molecule is C[C@@H]1CC(C)(F)CN1C(C)(C)C. The molecule has 0 aliphatic carbocycles. The van der Waals surface area contributed by atoms with E-state index in [1.54, 1.807) is 6.92 Å². The molecule has 1 aliphatic heterocycles. The van der Waals surface area contributed by atoms with Gasteiger partial charge in [-0.3, -0.25) is 4.90 Å². The molecule has 2 heteroatoms. The summed E-state index contributed by atoms with van der Waals surface area (Å²) in [4.78, 5) is 2.24. The number of halogens is 1. The van der Waals surface area contributed by atoms with E-state index in [2.05, 4.69) is 32.6 Å². The Morgan fingerprint density at radius 3 is 2.08 bits per heavy atom. The monoisotopic (exact) mass is 173 g/mol. The van der Waals surface area contributed by atoms with E-state index in [0.717, 1.165) is 0 Å². The Hall–Kier alpha value is -0.110. The zero-order chi connectivity index (χ0) is 9.57. The van der Waals surface area contributed by atoms with Crippen molar-refractivity contribution in [2.75, 3.05) is 6.54 Å². The van der Waals surface area contributed by atoms with Gasteiger partial charge in [-0.05, 0) is 41.0 Å². The standard InChI is InChI=1S/C10H20FN/c1-8-6-10(5,11)7-12(8)9(2,3)4/h8H,6-7H2,1-5H3/t8-,10?/m1/s1. The zero-order valence-electron chi connectivity index (χ0n) is 8.82. The molecule has 0 N–H and O–H groups in total. The molecule has 0 radical (unpaired) electrons. The summed E-state index contributed by atoms with van der Waals surface area (Å²) >= 11 is 0. The largest absolute Gasteiger partial charge is 0.293 e. The predicted octanol–water partition coefficient (Wildman–Crippen LogP) is 2.61. The van der Waals surface area contributed by atoms with Crippen LogP contribution in [0, 0.1) is 0 Å². The molecule has 72 valence electrons. The van der Waals surface area contributed by atoms with E-state index in [4.69, 9.17) is 0 Å². The fraction of sp³-hybridized carbons (Fsp3) is 1.00. The van der Waals surface area contributed by atoms with Crippen LogP contribution >= 0.6 is 0 Å². The lowest BCUT2D eigenvalue weighted by Crippen LogP contribution is -2.44. The number of alkyl halides is 1. The smallest absolute Gasteiger partial charge is 0.122 e. The van der Waals surface area contributed by atoms with Crippen LogP contribution < -0.4 is 0 Å². The molecule has 1 heterocycles. The molecule has 1 fully saturated rings. The Balaban J connectivity index is 2.71. The van der Waals surface area contributed by atoms with Crippen LogP contribution in [0.3, 0.4) is 0 Å². The molecule has 1 aliphatic rings. The summed E-state index contributed by atoms with van der Waals surface area (Å²) in [6, 6.07) is 0.375. The van der Waals surface area contributed by atoms with Crippen molar-refractivity contribution in [3.05, 3.63) is 0 Å². The van der Waals surface area contributed by atoms with Gasteiger partial charge < -0.3 is 0 Å². The van der Waals surface area contributed by atoms with Crippen LogP contribution in [0.2, 0.25) is 0 Å². The van der Waals surface area contributed by atoms with Crippen LogP contribution in [-0.4, -0.2) is 28.7 Å².